The second kappa shape index (κ2) is 3.75. The van der Waals surface area contributed by atoms with E-state index in [0.717, 1.165) is 18.7 Å². The lowest BCUT2D eigenvalue weighted by atomic mass is 10.3. The van der Waals surface area contributed by atoms with Crippen LogP contribution in [-0.4, -0.2) is 30.6 Å². The Morgan fingerprint density at radius 2 is 2.64 bits per heavy atom. The lowest BCUT2D eigenvalue weighted by molar-refractivity contribution is -0.784. The van der Waals surface area contributed by atoms with Gasteiger partial charge < -0.3 is 9.64 Å². The van der Waals surface area contributed by atoms with Gasteiger partial charge in [-0.15, -0.1) is 0 Å². The number of quaternary nitrogens is 1. The molecule has 1 fully saturated rings. The highest BCUT2D eigenvalue weighted by atomic mass is 16.5. The van der Waals surface area contributed by atoms with Crippen LogP contribution in [0.3, 0.4) is 0 Å². The van der Waals surface area contributed by atoms with Gasteiger partial charge in [-0.25, -0.2) is 4.79 Å². The maximum atomic E-state index is 11.1. The van der Waals surface area contributed by atoms with Crippen LogP contribution in [0.5, 0.6) is 0 Å². The van der Waals surface area contributed by atoms with E-state index in [2.05, 4.69) is 9.72 Å². The van der Waals surface area contributed by atoms with E-state index >= 15 is 0 Å². The van der Waals surface area contributed by atoms with Crippen LogP contribution in [0, 0.1) is 0 Å². The Morgan fingerprint density at radius 3 is 3.29 bits per heavy atom. The Labute approximate surface area is 82.5 Å². The SMILES string of the molecule is COC(=O)[C@H]1C[NH+]1Cc1cccnc1. The number of aromatic nitrogens is 1. The fraction of sp³-hybridized carbons (Fsp3) is 0.400. The molecule has 1 aliphatic heterocycles. The number of nitrogens with zero attached hydrogens (tertiary/aromatic N) is 1. The standard InChI is InChI=1S/C10H12N2O2/c1-14-10(13)9-7-12(9)6-8-3-2-4-11-5-8/h2-5,9H,6-7H2,1H3/p+1/t9-,12?/m1/s1. The summed E-state index contributed by atoms with van der Waals surface area (Å²) in [6.07, 6.45) is 3.58. The first-order chi connectivity index (χ1) is 6.81. The summed E-state index contributed by atoms with van der Waals surface area (Å²) in [6, 6.07) is 3.97. The molecule has 14 heavy (non-hydrogen) atoms. The maximum absolute atomic E-state index is 11.1. The van der Waals surface area contributed by atoms with Gasteiger partial charge in [-0.1, -0.05) is 6.07 Å². The van der Waals surface area contributed by atoms with Crippen molar-refractivity contribution in [1.29, 1.82) is 0 Å². The summed E-state index contributed by atoms with van der Waals surface area (Å²) in [7, 11) is 1.43. The molecule has 4 nitrogen and oxygen atoms in total. The number of carbonyl (C=O) groups excluding carboxylic acids is 1. The molecule has 4 heteroatoms. The Hall–Kier alpha value is -1.42. The first kappa shape index (κ1) is 9.15. The number of ether oxygens (including phenoxy) is 1. The highest BCUT2D eigenvalue weighted by molar-refractivity contribution is 5.75. The van der Waals surface area contributed by atoms with Gasteiger partial charge in [0.05, 0.1) is 7.11 Å². The fourth-order valence-electron chi connectivity index (χ4n) is 1.56. The molecule has 0 radical (unpaired) electrons. The molecule has 0 spiro atoms. The molecule has 0 saturated carbocycles. The van der Waals surface area contributed by atoms with Crippen LogP contribution in [0.1, 0.15) is 5.56 Å². The molecule has 1 aliphatic rings. The van der Waals surface area contributed by atoms with E-state index in [4.69, 9.17) is 0 Å². The van der Waals surface area contributed by atoms with Gasteiger partial charge in [-0.05, 0) is 6.07 Å². The second-order valence-electron chi connectivity index (χ2n) is 3.48. The van der Waals surface area contributed by atoms with Gasteiger partial charge >= 0.3 is 5.97 Å². The van der Waals surface area contributed by atoms with Crippen molar-refractivity contribution in [3.8, 4) is 0 Å². The normalized spacial score (nSPS) is 24.4. The van der Waals surface area contributed by atoms with E-state index in [1.807, 2.05) is 18.3 Å². The fourth-order valence-corrected chi connectivity index (χ4v) is 1.56. The van der Waals surface area contributed by atoms with Gasteiger partial charge in [0.2, 0.25) is 6.04 Å². The molecule has 2 rings (SSSR count). The summed E-state index contributed by atoms with van der Waals surface area (Å²) in [5, 5.41) is 0. The average Bonchev–Trinajstić information content (AvgIpc) is 2.98. The zero-order valence-corrected chi connectivity index (χ0v) is 8.06. The minimum Gasteiger partial charge on any atom is -0.464 e. The third kappa shape index (κ3) is 1.90. The van der Waals surface area contributed by atoms with Crippen molar-refractivity contribution in [3.63, 3.8) is 0 Å². The number of rotatable bonds is 3. The Morgan fingerprint density at radius 1 is 1.79 bits per heavy atom. The number of pyridine rings is 1. The highest BCUT2D eigenvalue weighted by Crippen LogP contribution is 1.98. The number of hydrogen-bond acceptors (Lipinski definition) is 3. The zero-order valence-electron chi connectivity index (χ0n) is 8.06. The van der Waals surface area contributed by atoms with Crippen LogP contribution in [0.25, 0.3) is 0 Å². The molecule has 0 aromatic carbocycles. The maximum Gasteiger partial charge on any atom is 0.370 e. The number of hydrogen-bond donors (Lipinski definition) is 1. The first-order valence-corrected chi connectivity index (χ1v) is 4.62. The largest absolute Gasteiger partial charge is 0.464 e. The predicted molar refractivity (Wildman–Crippen MR) is 49.6 cm³/mol. The summed E-state index contributed by atoms with van der Waals surface area (Å²) in [5.41, 5.74) is 1.16. The Bertz CT molecular complexity index is 326. The van der Waals surface area contributed by atoms with Crippen molar-refractivity contribution in [1.82, 2.24) is 4.98 Å². The van der Waals surface area contributed by atoms with Crippen molar-refractivity contribution in [2.75, 3.05) is 13.7 Å². The smallest absolute Gasteiger partial charge is 0.370 e. The highest BCUT2D eigenvalue weighted by Gasteiger charge is 2.47. The quantitative estimate of drug-likeness (QED) is 0.496. The molecule has 1 saturated heterocycles. The topological polar surface area (TPSA) is 43.6 Å². The van der Waals surface area contributed by atoms with E-state index in [1.54, 1.807) is 6.20 Å². The molecule has 1 aromatic heterocycles. The summed E-state index contributed by atoms with van der Waals surface area (Å²) in [4.78, 5) is 16.4. The summed E-state index contributed by atoms with van der Waals surface area (Å²) >= 11 is 0. The third-order valence-corrected chi connectivity index (χ3v) is 2.44. The van der Waals surface area contributed by atoms with Crippen LogP contribution >= 0.6 is 0 Å². The van der Waals surface area contributed by atoms with Crippen molar-refractivity contribution in [3.05, 3.63) is 30.1 Å². The lowest BCUT2D eigenvalue weighted by Gasteiger charge is -1.98. The predicted octanol–water partition coefficient (Wildman–Crippen LogP) is -0.978. The molecule has 1 N–H and O–H groups in total. The Balaban J connectivity index is 1.88. The molecule has 1 aromatic rings. The molecule has 0 amide bonds. The van der Waals surface area contributed by atoms with Gasteiger partial charge in [0.1, 0.15) is 13.1 Å². The number of nitrogens with one attached hydrogen (secondary N) is 1. The van der Waals surface area contributed by atoms with Crippen molar-refractivity contribution in [2.45, 2.75) is 12.6 Å². The monoisotopic (exact) mass is 193 g/mol. The molecular weight excluding hydrogens is 180 g/mol. The van der Waals surface area contributed by atoms with Gasteiger partial charge in [-0.3, -0.25) is 4.98 Å². The molecule has 2 heterocycles. The van der Waals surface area contributed by atoms with Gasteiger partial charge in [0, 0.05) is 18.0 Å². The average molecular weight is 193 g/mol. The summed E-state index contributed by atoms with van der Waals surface area (Å²) in [6.45, 7) is 1.73. The van der Waals surface area contributed by atoms with E-state index in [1.165, 1.54) is 12.0 Å². The minimum absolute atomic E-state index is 0.0419. The van der Waals surface area contributed by atoms with Crippen LogP contribution in [0.15, 0.2) is 24.5 Å². The number of carbonyl (C=O) groups is 1. The molecule has 1 unspecified atom stereocenters. The van der Waals surface area contributed by atoms with E-state index in [-0.39, 0.29) is 12.0 Å². The molecule has 0 aliphatic carbocycles. The molecule has 2 atom stereocenters. The van der Waals surface area contributed by atoms with Crippen LogP contribution < -0.4 is 4.90 Å². The summed E-state index contributed by atoms with van der Waals surface area (Å²) in [5.74, 6) is -0.108. The van der Waals surface area contributed by atoms with Crippen LogP contribution in [0.2, 0.25) is 0 Å². The zero-order chi connectivity index (χ0) is 9.97. The number of methoxy groups -OCH3 is 1. The number of esters is 1. The van der Waals surface area contributed by atoms with Crippen molar-refractivity contribution >= 4 is 5.97 Å². The molecule has 74 valence electrons. The van der Waals surface area contributed by atoms with Crippen molar-refractivity contribution < 1.29 is 14.4 Å². The minimum atomic E-state index is -0.108. The first-order valence-electron chi connectivity index (χ1n) is 4.62. The third-order valence-electron chi connectivity index (χ3n) is 2.44. The van der Waals surface area contributed by atoms with Gasteiger partial charge in [0.15, 0.2) is 0 Å². The van der Waals surface area contributed by atoms with E-state index in [9.17, 15) is 4.79 Å². The van der Waals surface area contributed by atoms with Crippen LogP contribution in [-0.2, 0) is 16.1 Å². The van der Waals surface area contributed by atoms with Crippen LogP contribution in [0.4, 0.5) is 0 Å². The molecular formula is C10H13N2O2+. The van der Waals surface area contributed by atoms with Crippen molar-refractivity contribution in [2.24, 2.45) is 0 Å². The van der Waals surface area contributed by atoms with E-state index < -0.39 is 0 Å². The van der Waals surface area contributed by atoms with E-state index in [0.29, 0.717) is 0 Å². The second-order valence-corrected chi connectivity index (χ2v) is 3.48. The molecule has 0 bridgehead atoms. The Kier molecular flexibility index (Phi) is 2.45. The van der Waals surface area contributed by atoms with Gasteiger partial charge in [0.25, 0.3) is 0 Å². The lowest BCUT2D eigenvalue weighted by Crippen LogP contribution is -2.93. The van der Waals surface area contributed by atoms with Gasteiger partial charge in [-0.2, -0.15) is 0 Å². The summed E-state index contributed by atoms with van der Waals surface area (Å²) < 4.78 is 4.67.